The molecular formula is C25H23N5O4S. The molecule has 4 aromatic rings. The Morgan fingerprint density at radius 1 is 1.06 bits per heavy atom. The lowest BCUT2D eigenvalue weighted by Crippen LogP contribution is -2.42. The second kappa shape index (κ2) is 7.88. The maximum absolute atomic E-state index is 13.4. The van der Waals surface area contributed by atoms with Crippen molar-refractivity contribution in [2.75, 3.05) is 16.8 Å². The minimum Gasteiger partial charge on any atom is -0.318 e. The lowest BCUT2D eigenvalue weighted by molar-refractivity contribution is -0.133. The molecule has 0 saturated carbocycles. The highest BCUT2D eigenvalue weighted by Crippen LogP contribution is 2.36. The lowest BCUT2D eigenvalue weighted by atomic mass is 10.1. The molecule has 0 radical (unpaired) electrons. The van der Waals surface area contributed by atoms with E-state index < -0.39 is 21.8 Å². The van der Waals surface area contributed by atoms with Gasteiger partial charge in [0.15, 0.2) is 9.84 Å². The first-order valence-corrected chi connectivity index (χ1v) is 13.3. The van der Waals surface area contributed by atoms with Gasteiger partial charge < -0.3 is 5.32 Å². The van der Waals surface area contributed by atoms with Gasteiger partial charge in [-0.15, -0.1) is 0 Å². The zero-order valence-electron chi connectivity index (χ0n) is 19.1. The number of sulfone groups is 1. The monoisotopic (exact) mass is 489 g/mol. The summed E-state index contributed by atoms with van der Waals surface area (Å²) >= 11 is 0. The summed E-state index contributed by atoms with van der Waals surface area (Å²) < 4.78 is 25.9. The number of carbonyl (C=O) groups excluding carboxylic acids is 2. The van der Waals surface area contributed by atoms with E-state index in [4.69, 9.17) is 4.98 Å². The van der Waals surface area contributed by atoms with Gasteiger partial charge in [0.25, 0.3) is 5.91 Å². The van der Waals surface area contributed by atoms with E-state index in [2.05, 4.69) is 10.4 Å². The molecule has 10 heteroatoms. The highest BCUT2D eigenvalue weighted by atomic mass is 32.2. The van der Waals surface area contributed by atoms with E-state index in [9.17, 15) is 18.0 Å². The molecule has 2 amide bonds. The topological polar surface area (TPSA) is 113 Å². The van der Waals surface area contributed by atoms with Gasteiger partial charge in [-0.1, -0.05) is 36.4 Å². The number of anilines is 1. The summed E-state index contributed by atoms with van der Waals surface area (Å²) in [7, 11) is -3.19. The van der Waals surface area contributed by atoms with Crippen molar-refractivity contribution in [2.24, 2.45) is 5.10 Å². The Kier molecular flexibility index (Phi) is 4.89. The van der Waals surface area contributed by atoms with E-state index in [1.54, 1.807) is 0 Å². The van der Waals surface area contributed by atoms with Crippen molar-refractivity contribution in [3.63, 3.8) is 0 Å². The average Bonchev–Trinajstić information content (AvgIpc) is 3.37. The third-order valence-corrected chi connectivity index (χ3v) is 8.50. The van der Waals surface area contributed by atoms with Crippen LogP contribution in [0.2, 0.25) is 0 Å². The van der Waals surface area contributed by atoms with Gasteiger partial charge in [-0.3, -0.25) is 14.0 Å². The van der Waals surface area contributed by atoms with Gasteiger partial charge in [0, 0.05) is 23.6 Å². The highest BCUT2D eigenvalue weighted by molar-refractivity contribution is 7.91. The second-order valence-electron chi connectivity index (χ2n) is 9.05. The summed E-state index contributed by atoms with van der Waals surface area (Å²) in [6, 6.07) is 15.1. The van der Waals surface area contributed by atoms with Gasteiger partial charge in [0.2, 0.25) is 5.91 Å². The first-order chi connectivity index (χ1) is 16.8. The molecule has 1 atom stereocenters. The minimum absolute atomic E-state index is 0.0294. The molecule has 0 aliphatic carbocycles. The molecule has 0 bridgehead atoms. The number of aryl methyl sites for hydroxylation is 1. The van der Waals surface area contributed by atoms with E-state index in [-0.39, 0.29) is 36.0 Å². The van der Waals surface area contributed by atoms with Crippen molar-refractivity contribution in [2.45, 2.75) is 32.2 Å². The number of benzene rings is 2. The van der Waals surface area contributed by atoms with Crippen LogP contribution in [0.25, 0.3) is 27.3 Å². The Bertz CT molecular complexity index is 1690. The molecule has 9 nitrogen and oxygen atoms in total. The molecule has 35 heavy (non-hydrogen) atoms. The Morgan fingerprint density at radius 2 is 1.80 bits per heavy atom. The summed E-state index contributed by atoms with van der Waals surface area (Å²) in [6.07, 6.45) is 0.650. The van der Waals surface area contributed by atoms with Gasteiger partial charge in [0.05, 0.1) is 39.8 Å². The quantitative estimate of drug-likeness (QED) is 0.475. The molecule has 2 aromatic carbocycles. The largest absolute Gasteiger partial charge is 0.318 e. The normalized spacial score (nSPS) is 20.0. The molecule has 1 saturated heterocycles. The van der Waals surface area contributed by atoms with Gasteiger partial charge in [0.1, 0.15) is 11.5 Å². The van der Waals surface area contributed by atoms with E-state index in [1.807, 2.05) is 59.9 Å². The van der Waals surface area contributed by atoms with Crippen molar-refractivity contribution in [1.29, 1.82) is 0 Å². The van der Waals surface area contributed by atoms with Crippen molar-refractivity contribution in [1.82, 2.24) is 14.4 Å². The number of nitrogens with zero attached hydrogens (tertiary/aromatic N) is 4. The number of rotatable bonds is 3. The predicted octanol–water partition coefficient (Wildman–Crippen LogP) is 3.05. The predicted molar refractivity (Wildman–Crippen MR) is 134 cm³/mol. The molecule has 0 unspecified atom stereocenters. The third kappa shape index (κ3) is 3.56. The second-order valence-corrected chi connectivity index (χ2v) is 11.3. The van der Waals surface area contributed by atoms with Crippen LogP contribution in [0.4, 0.5) is 5.69 Å². The molecule has 2 aromatic heterocycles. The molecule has 1 fully saturated rings. The fourth-order valence-corrected chi connectivity index (χ4v) is 6.82. The lowest BCUT2D eigenvalue weighted by Gasteiger charge is -2.27. The van der Waals surface area contributed by atoms with Crippen molar-refractivity contribution in [3.8, 4) is 0 Å². The Morgan fingerprint density at radius 3 is 2.57 bits per heavy atom. The molecule has 0 spiro atoms. The van der Waals surface area contributed by atoms with E-state index in [0.717, 1.165) is 33.1 Å². The van der Waals surface area contributed by atoms with Crippen molar-refractivity contribution in [3.05, 3.63) is 54.4 Å². The maximum atomic E-state index is 13.4. The number of amides is 2. The van der Waals surface area contributed by atoms with Crippen LogP contribution in [0.1, 0.15) is 25.1 Å². The van der Waals surface area contributed by atoms with Crippen molar-refractivity contribution < 1.29 is 18.0 Å². The van der Waals surface area contributed by atoms with Crippen LogP contribution in [-0.4, -0.2) is 57.9 Å². The molecule has 178 valence electrons. The number of hydrogen-bond acceptors (Lipinski definition) is 6. The number of para-hydroxylation sites is 2. The van der Waals surface area contributed by atoms with Gasteiger partial charge >= 0.3 is 0 Å². The summed E-state index contributed by atoms with van der Waals surface area (Å²) in [5, 5.41) is 10.4. The minimum atomic E-state index is -3.19. The van der Waals surface area contributed by atoms with Crippen LogP contribution in [-0.2, 0) is 19.4 Å². The van der Waals surface area contributed by atoms with Gasteiger partial charge in [-0.25, -0.2) is 18.4 Å². The smallest absolute Gasteiger partial charge is 0.271 e. The third-order valence-electron chi connectivity index (χ3n) is 6.75. The number of aromatic nitrogens is 2. The van der Waals surface area contributed by atoms with Crippen LogP contribution in [0.3, 0.4) is 0 Å². The van der Waals surface area contributed by atoms with Gasteiger partial charge in [-0.05, 0) is 25.5 Å². The molecule has 2 aliphatic heterocycles. The summed E-state index contributed by atoms with van der Waals surface area (Å²) in [5.41, 5.74) is 3.46. The summed E-state index contributed by atoms with van der Waals surface area (Å²) in [6.45, 7) is 1.93. The Hall–Kier alpha value is -3.79. The van der Waals surface area contributed by atoms with E-state index in [0.29, 0.717) is 12.1 Å². The standard InChI is InChI=1S/C25H23N5O4S/c1-15-26-19-8-4-2-6-17(19)24-23(18-7-3-5-9-21(18)29(15)24)27-25(32)20-10-11-22(31)30(28-20)16-12-13-35(33,34)14-16/h2-9,16H,10-14H2,1H3,(H,27,32)/t16-/m0/s1. The maximum Gasteiger partial charge on any atom is 0.271 e. The summed E-state index contributed by atoms with van der Waals surface area (Å²) in [5.74, 6) is 0.0483. The molecule has 4 heterocycles. The molecular weight excluding hydrogens is 466 g/mol. The summed E-state index contributed by atoms with van der Waals surface area (Å²) in [4.78, 5) is 30.7. The van der Waals surface area contributed by atoms with E-state index >= 15 is 0 Å². The number of nitrogens with one attached hydrogen (secondary N) is 1. The van der Waals surface area contributed by atoms with Gasteiger partial charge in [-0.2, -0.15) is 5.10 Å². The van der Waals surface area contributed by atoms with Crippen molar-refractivity contribution >= 4 is 60.4 Å². The number of fused-ring (bicyclic) bond motifs is 5. The fraction of sp³-hybridized carbons (Fsp3) is 0.280. The molecule has 2 aliphatic rings. The van der Waals surface area contributed by atoms with Crippen LogP contribution < -0.4 is 5.32 Å². The SMILES string of the molecule is Cc1nc2ccccc2c2c(NC(=O)C3=NN([C@H]4CCS(=O)(=O)C4)C(=O)CC3)c3ccccc3n12. The van der Waals surface area contributed by atoms with Crippen LogP contribution in [0.5, 0.6) is 0 Å². The molecule has 6 rings (SSSR count). The number of hydrogen-bond donors (Lipinski definition) is 1. The van der Waals surface area contributed by atoms with E-state index in [1.165, 1.54) is 5.01 Å². The first kappa shape index (κ1) is 21.7. The zero-order valence-corrected chi connectivity index (χ0v) is 19.9. The molecule has 1 N–H and O–H groups in total. The average molecular weight is 490 g/mol. The van der Waals surface area contributed by atoms with Crippen LogP contribution in [0, 0.1) is 6.92 Å². The van der Waals surface area contributed by atoms with Crippen LogP contribution >= 0.6 is 0 Å². The number of carbonyl (C=O) groups is 2. The highest BCUT2D eigenvalue weighted by Gasteiger charge is 2.37. The number of hydrazone groups is 1. The first-order valence-electron chi connectivity index (χ1n) is 11.5. The Balaban J connectivity index is 1.45. The Labute approximate surface area is 201 Å². The van der Waals surface area contributed by atoms with Crippen LogP contribution in [0.15, 0.2) is 53.6 Å². The fourth-order valence-electron chi connectivity index (χ4n) is 5.13. The zero-order chi connectivity index (χ0) is 24.3.